The lowest BCUT2D eigenvalue weighted by atomic mass is 9.83. The fourth-order valence-electron chi connectivity index (χ4n) is 5.69. The smallest absolute Gasteiger partial charge is 0.270 e. The van der Waals surface area contributed by atoms with E-state index < -0.39 is 6.04 Å². The molecular formula is C27H39N5O4. The number of amides is 3. The third-order valence-corrected chi connectivity index (χ3v) is 7.71. The maximum Gasteiger partial charge on any atom is 0.270 e. The first kappa shape index (κ1) is 26.0. The summed E-state index contributed by atoms with van der Waals surface area (Å²) in [6.45, 7) is 3.54. The third kappa shape index (κ3) is 5.36. The number of piperazine rings is 1. The molecule has 2 aliphatic rings. The molecule has 1 unspecified atom stereocenters. The van der Waals surface area contributed by atoms with Crippen LogP contribution >= 0.6 is 0 Å². The monoisotopic (exact) mass is 497 g/mol. The average molecular weight is 498 g/mol. The Bertz CT molecular complexity index is 1110. The number of nitrogens with one attached hydrogen (secondary N) is 2. The molecule has 36 heavy (non-hydrogen) atoms. The molecule has 1 aromatic carbocycles. The van der Waals surface area contributed by atoms with Crippen molar-refractivity contribution >= 4 is 28.6 Å². The van der Waals surface area contributed by atoms with Crippen molar-refractivity contribution in [3.63, 3.8) is 0 Å². The molecule has 0 bridgehead atoms. The summed E-state index contributed by atoms with van der Waals surface area (Å²) in [5.41, 5.74) is 1.55. The molecular weight excluding hydrogens is 458 g/mol. The van der Waals surface area contributed by atoms with Crippen LogP contribution in [0.3, 0.4) is 0 Å². The first-order chi connectivity index (χ1) is 17.3. The standard InChI is InChI=1S/C27H39N5O4/c1-18-17-31(26(34)23-14-20-10-11-21(36-4)15-22(20)30(23)3)12-13-32(18)27(35)25(29-24(33)16-28-2)19-8-6-5-7-9-19/h10-11,14-15,18-19,25,28H,5-9,12-13,16-17H2,1-4H3,(H,29,33)/t18-,25?/m1/s1. The zero-order valence-corrected chi connectivity index (χ0v) is 21.9. The Kier molecular flexibility index (Phi) is 8.18. The fraction of sp³-hybridized carbons (Fsp3) is 0.593. The number of hydrogen-bond acceptors (Lipinski definition) is 5. The molecule has 2 N–H and O–H groups in total. The van der Waals surface area contributed by atoms with Crippen LogP contribution in [0.25, 0.3) is 10.9 Å². The summed E-state index contributed by atoms with van der Waals surface area (Å²) in [5, 5.41) is 6.86. The van der Waals surface area contributed by atoms with Gasteiger partial charge in [-0.2, -0.15) is 0 Å². The number of likely N-dealkylation sites (N-methyl/N-ethyl adjacent to an activating group) is 1. The molecule has 1 saturated heterocycles. The first-order valence-electron chi connectivity index (χ1n) is 13.0. The molecule has 2 aromatic rings. The number of aromatic nitrogens is 1. The van der Waals surface area contributed by atoms with Crippen molar-refractivity contribution < 1.29 is 19.1 Å². The van der Waals surface area contributed by atoms with Crippen molar-refractivity contribution in [2.24, 2.45) is 13.0 Å². The van der Waals surface area contributed by atoms with Crippen molar-refractivity contribution in [1.82, 2.24) is 25.0 Å². The Balaban J connectivity index is 1.47. The number of carbonyl (C=O) groups is 3. The van der Waals surface area contributed by atoms with E-state index in [0.29, 0.717) is 25.3 Å². The minimum absolute atomic E-state index is 0.0253. The maximum absolute atomic E-state index is 13.7. The van der Waals surface area contributed by atoms with Crippen LogP contribution in [0.1, 0.15) is 49.5 Å². The van der Waals surface area contributed by atoms with Gasteiger partial charge in [0, 0.05) is 44.2 Å². The van der Waals surface area contributed by atoms with Crippen LogP contribution < -0.4 is 15.4 Å². The molecule has 1 saturated carbocycles. The fourth-order valence-corrected chi connectivity index (χ4v) is 5.69. The Morgan fingerprint density at radius 2 is 1.86 bits per heavy atom. The summed E-state index contributed by atoms with van der Waals surface area (Å²) in [7, 11) is 5.24. The highest BCUT2D eigenvalue weighted by Crippen LogP contribution is 2.29. The number of fused-ring (bicyclic) bond motifs is 1. The summed E-state index contributed by atoms with van der Waals surface area (Å²) in [4.78, 5) is 43.3. The van der Waals surface area contributed by atoms with E-state index in [9.17, 15) is 14.4 Å². The van der Waals surface area contributed by atoms with Gasteiger partial charge in [0.05, 0.1) is 19.2 Å². The van der Waals surface area contributed by atoms with Gasteiger partial charge < -0.3 is 29.7 Å². The molecule has 1 aliphatic heterocycles. The summed E-state index contributed by atoms with van der Waals surface area (Å²) < 4.78 is 7.24. The number of carbonyl (C=O) groups excluding carboxylic acids is 3. The minimum atomic E-state index is -0.510. The molecule has 3 amide bonds. The quantitative estimate of drug-likeness (QED) is 0.611. The van der Waals surface area contributed by atoms with Gasteiger partial charge in [0.15, 0.2) is 0 Å². The lowest BCUT2D eigenvalue weighted by molar-refractivity contribution is -0.141. The van der Waals surface area contributed by atoms with Crippen LogP contribution in [-0.4, -0.2) is 84.5 Å². The van der Waals surface area contributed by atoms with E-state index in [1.165, 1.54) is 6.42 Å². The highest BCUT2D eigenvalue weighted by molar-refractivity contribution is 5.99. The number of ether oxygens (including phenoxy) is 1. The Labute approximate surface area is 213 Å². The van der Waals surface area contributed by atoms with E-state index in [4.69, 9.17) is 4.74 Å². The largest absolute Gasteiger partial charge is 0.497 e. The second-order valence-corrected chi connectivity index (χ2v) is 10.1. The molecule has 0 radical (unpaired) electrons. The zero-order valence-electron chi connectivity index (χ0n) is 21.9. The number of methoxy groups -OCH3 is 1. The van der Waals surface area contributed by atoms with Crippen LogP contribution in [0.2, 0.25) is 0 Å². The van der Waals surface area contributed by atoms with E-state index in [-0.39, 0.29) is 36.2 Å². The minimum Gasteiger partial charge on any atom is -0.497 e. The number of nitrogens with zero attached hydrogens (tertiary/aromatic N) is 3. The zero-order chi connectivity index (χ0) is 25.8. The van der Waals surface area contributed by atoms with Crippen LogP contribution in [0.4, 0.5) is 0 Å². The lowest BCUT2D eigenvalue weighted by Gasteiger charge is -2.42. The van der Waals surface area contributed by atoms with Crippen LogP contribution in [0, 0.1) is 5.92 Å². The van der Waals surface area contributed by atoms with Gasteiger partial charge in [0.1, 0.15) is 17.5 Å². The van der Waals surface area contributed by atoms with Gasteiger partial charge in [0.2, 0.25) is 11.8 Å². The van der Waals surface area contributed by atoms with Gasteiger partial charge in [-0.3, -0.25) is 14.4 Å². The summed E-state index contributed by atoms with van der Waals surface area (Å²) in [6, 6.07) is 7.04. The van der Waals surface area contributed by atoms with E-state index in [1.54, 1.807) is 14.2 Å². The molecule has 2 heterocycles. The van der Waals surface area contributed by atoms with E-state index in [2.05, 4.69) is 10.6 Å². The number of aryl methyl sites for hydroxylation is 1. The number of hydrogen-bond donors (Lipinski definition) is 2. The van der Waals surface area contributed by atoms with E-state index in [0.717, 1.165) is 42.3 Å². The van der Waals surface area contributed by atoms with Crippen molar-refractivity contribution in [3.05, 3.63) is 30.0 Å². The molecule has 9 nitrogen and oxygen atoms in total. The van der Waals surface area contributed by atoms with E-state index in [1.807, 2.05) is 52.6 Å². The third-order valence-electron chi connectivity index (χ3n) is 7.71. The summed E-state index contributed by atoms with van der Waals surface area (Å²) >= 11 is 0. The SMILES string of the molecule is CNCC(=O)NC(C(=O)N1CCN(C(=O)c2cc3ccc(OC)cc3n2C)C[C@H]1C)C1CCCCC1. The van der Waals surface area contributed by atoms with Gasteiger partial charge in [-0.15, -0.1) is 0 Å². The van der Waals surface area contributed by atoms with Crippen LogP contribution in [0.15, 0.2) is 24.3 Å². The average Bonchev–Trinajstić information content (AvgIpc) is 3.22. The number of rotatable bonds is 7. The van der Waals surface area contributed by atoms with Gasteiger partial charge in [0.25, 0.3) is 5.91 Å². The summed E-state index contributed by atoms with van der Waals surface area (Å²) in [6.07, 6.45) is 5.26. The van der Waals surface area contributed by atoms with Gasteiger partial charge in [-0.25, -0.2) is 0 Å². The molecule has 196 valence electrons. The highest BCUT2D eigenvalue weighted by Gasteiger charge is 2.38. The highest BCUT2D eigenvalue weighted by atomic mass is 16.5. The Hall–Kier alpha value is -3.07. The predicted molar refractivity (Wildman–Crippen MR) is 139 cm³/mol. The lowest BCUT2D eigenvalue weighted by Crippen LogP contribution is -2.61. The second-order valence-electron chi connectivity index (χ2n) is 10.1. The van der Waals surface area contributed by atoms with E-state index >= 15 is 0 Å². The number of benzene rings is 1. The maximum atomic E-state index is 13.7. The second kappa shape index (κ2) is 11.3. The van der Waals surface area contributed by atoms with Crippen molar-refractivity contribution in [3.8, 4) is 5.75 Å². The molecule has 0 spiro atoms. The van der Waals surface area contributed by atoms with Gasteiger partial charge in [-0.1, -0.05) is 19.3 Å². The van der Waals surface area contributed by atoms with Crippen molar-refractivity contribution in [1.29, 1.82) is 0 Å². The van der Waals surface area contributed by atoms with Gasteiger partial charge in [-0.05, 0) is 50.9 Å². The Morgan fingerprint density at radius 1 is 1.11 bits per heavy atom. The molecule has 2 fully saturated rings. The topological polar surface area (TPSA) is 95.9 Å². The summed E-state index contributed by atoms with van der Waals surface area (Å²) in [5.74, 6) is 0.681. The molecule has 1 aromatic heterocycles. The first-order valence-corrected chi connectivity index (χ1v) is 13.0. The predicted octanol–water partition coefficient (Wildman–Crippen LogP) is 2.14. The van der Waals surface area contributed by atoms with Crippen molar-refractivity contribution in [2.75, 3.05) is 40.3 Å². The molecule has 2 atom stereocenters. The Morgan fingerprint density at radius 3 is 2.53 bits per heavy atom. The van der Waals surface area contributed by atoms with Crippen LogP contribution in [0.5, 0.6) is 5.75 Å². The molecule has 9 heteroatoms. The van der Waals surface area contributed by atoms with Gasteiger partial charge >= 0.3 is 0 Å². The molecule has 4 rings (SSSR count). The molecule has 1 aliphatic carbocycles. The van der Waals surface area contributed by atoms with Crippen molar-refractivity contribution in [2.45, 2.75) is 51.1 Å². The van der Waals surface area contributed by atoms with Crippen LogP contribution in [-0.2, 0) is 16.6 Å². The normalized spacial score (nSPS) is 19.8.